The fraction of sp³-hybridized carbons (Fsp3) is 0.462. The first kappa shape index (κ1) is 12.6. The molecule has 0 aliphatic heterocycles. The maximum Gasteiger partial charge on any atom is 0.251 e. The second-order valence-corrected chi connectivity index (χ2v) is 3.89. The Balaban J connectivity index is 2.71. The standard InChI is InChI=1S/C13H20N2O/c1-4-5-8-15-12-7-6-11(9-10(12)2)13(16)14-3/h6-7,9,15H,4-5,8H2,1-3H3,(H,14,16). The quantitative estimate of drug-likeness (QED) is 0.749. The van der Waals surface area contributed by atoms with Crippen molar-refractivity contribution in [2.75, 3.05) is 18.9 Å². The summed E-state index contributed by atoms with van der Waals surface area (Å²) >= 11 is 0. The van der Waals surface area contributed by atoms with Gasteiger partial charge in [0.2, 0.25) is 0 Å². The van der Waals surface area contributed by atoms with Gasteiger partial charge in [0, 0.05) is 24.8 Å². The van der Waals surface area contributed by atoms with Crippen molar-refractivity contribution in [1.82, 2.24) is 5.32 Å². The van der Waals surface area contributed by atoms with Crippen LogP contribution >= 0.6 is 0 Å². The van der Waals surface area contributed by atoms with Crippen LogP contribution in [-0.4, -0.2) is 19.5 Å². The van der Waals surface area contributed by atoms with Crippen molar-refractivity contribution in [2.24, 2.45) is 0 Å². The Hall–Kier alpha value is -1.51. The highest BCUT2D eigenvalue weighted by Gasteiger charge is 2.05. The first-order valence-corrected chi connectivity index (χ1v) is 5.75. The highest BCUT2D eigenvalue weighted by molar-refractivity contribution is 5.94. The Kier molecular flexibility index (Phi) is 4.83. The molecule has 2 N–H and O–H groups in total. The van der Waals surface area contributed by atoms with Gasteiger partial charge in [-0.05, 0) is 37.1 Å². The zero-order valence-corrected chi connectivity index (χ0v) is 10.3. The third-order valence-electron chi connectivity index (χ3n) is 2.56. The van der Waals surface area contributed by atoms with Crippen molar-refractivity contribution in [1.29, 1.82) is 0 Å². The molecule has 0 fully saturated rings. The van der Waals surface area contributed by atoms with Gasteiger partial charge in [0.1, 0.15) is 0 Å². The molecule has 0 atom stereocenters. The SMILES string of the molecule is CCCCNc1ccc(C(=O)NC)cc1C. The van der Waals surface area contributed by atoms with Crippen LogP contribution in [0.25, 0.3) is 0 Å². The smallest absolute Gasteiger partial charge is 0.251 e. The van der Waals surface area contributed by atoms with E-state index in [1.807, 2.05) is 25.1 Å². The van der Waals surface area contributed by atoms with Gasteiger partial charge in [-0.25, -0.2) is 0 Å². The zero-order chi connectivity index (χ0) is 12.0. The lowest BCUT2D eigenvalue weighted by molar-refractivity contribution is 0.0963. The molecule has 0 aromatic heterocycles. The zero-order valence-electron chi connectivity index (χ0n) is 10.3. The van der Waals surface area contributed by atoms with Crippen molar-refractivity contribution in [3.63, 3.8) is 0 Å². The van der Waals surface area contributed by atoms with E-state index >= 15 is 0 Å². The molecule has 0 unspecified atom stereocenters. The van der Waals surface area contributed by atoms with Gasteiger partial charge in [-0.1, -0.05) is 13.3 Å². The molecule has 1 aromatic rings. The molecule has 0 heterocycles. The lowest BCUT2D eigenvalue weighted by Crippen LogP contribution is -2.18. The number of benzene rings is 1. The van der Waals surface area contributed by atoms with Gasteiger partial charge in [0.25, 0.3) is 5.91 Å². The average Bonchev–Trinajstić information content (AvgIpc) is 2.30. The topological polar surface area (TPSA) is 41.1 Å². The summed E-state index contributed by atoms with van der Waals surface area (Å²) < 4.78 is 0. The van der Waals surface area contributed by atoms with E-state index in [1.165, 1.54) is 6.42 Å². The van der Waals surface area contributed by atoms with Gasteiger partial charge in [0.05, 0.1) is 0 Å². The molecule has 16 heavy (non-hydrogen) atoms. The number of unbranched alkanes of at least 4 members (excludes halogenated alkanes) is 1. The molecule has 3 heteroatoms. The number of carbonyl (C=O) groups is 1. The van der Waals surface area contributed by atoms with Crippen LogP contribution in [0.3, 0.4) is 0 Å². The molecule has 1 rings (SSSR count). The molecule has 0 radical (unpaired) electrons. The molecule has 0 aliphatic rings. The summed E-state index contributed by atoms with van der Waals surface area (Å²) in [6.07, 6.45) is 2.35. The number of rotatable bonds is 5. The minimum absolute atomic E-state index is 0.0387. The number of anilines is 1. The van der Waals surface area contributed by atoms with Crippen LogP contribution < -0.4 is 10.6 Å². The molecule has 0 bridgehead atoms. The highest BCUT2D eigenvalue weighted by Crippen LogP contribution is 2.16. The molecule has 88 valence electrons. The minimum Gasteiger partial charge on any atom is -0.385 e. The molecular weight excluding hydrogens is 200 g/mol. The van der Waals surface area contributed by atoms with E-state index in [2.05, 4.69) is 17.6 Å². The largest absolute Gasteiger partial charge is 0.385 e. The van der Waals surface area contributed by atoms with Crippen LogP contribution in [0.15, 0.2) is 18.2 Å². The maximum absolute atomic E-state index is 11.4. The normalized spacial score (nSPS) is 9.94. The number of hydrogen-bond donors (Lipinski definition) is 2. The summed E-state index contributed by atoms with van der Waals surface area (Å²) in [6, 6.07) is 5.72. The predicted molar refractivity (Wildman–Crippen MR) is 68.0 cm³/mol. The number of nitrogens with one attached hydrogen (secondary N) is 2. The summed E-state index contributed by atoms with van der Waals surface area (Å²) in [7, 11) is 1.64. The maximum atomic E-state index is 11.4. The Morgan fingerprint density at radius 1 is 1.38 bits per heavy atom. The fourth-order valence-corrected chi connectivity index (χ4v) is 1.55. The first-order valence-electron chi connectivity index (χ1n) is 5.75. The Morgan fingerprint density at radius 2 is 2.12 bits per heavy atom. The Morgan fingerprint density at radius 3 is 2.69 bits per heavy atom. The van der Waals surface area contributed by atoms with Gasteiger partial charge in [-0.3, -0.25) is 4.79 Å². The fourth-order valence-electron chi connectivity index (χ4n) is 1.55. The average molecular weight is 220 g/mol. The lowest BCUT2D eigenvalue weighted by Gasteiger charge is -2.10. The van der Waals surface area contributed by atoms with Gasteiger partial charge >= 0.3 is 0 Å². The van der Waals surface area contributed by atoms with E-state index in [0.29, 0.717) is 5.56 Å². The van der Waals surface area contributed by atoms with Gasteiger partial charge < -0.3 is 10.6 Å². The molecule has 0 aliphatic carbocycles. The monoisotopic (exact) mass is 220 g/mol. The van der Waals surface area contributed by atoms with Gasteiger partial charge in [0.15, 0.2) is 0 Å². The summed E-state index contributed by atoms with van der Waals surface area (Å²) in [6.45, 7) is 5.17. The van der Waals surface area contributed by atoms with Crippen LogP contribution in [0.1, 0.15) is 35.7 Å². The van der Waals surface area contributed by atoms with E-state index in [-0.39, 0.29) is 5.91 Å². The van der Waals surface area contributed by atoms with Crippen LogP contribution in [0.4, 0.5) is 5.69 Å². The lowest BCUT2D eigenvalue weighted by atomic mass is 10.1. The van der Waals surface area contributed by atoms with Crippen molar-refractivity contribution >= 4 is 11.6 Å². The van der Waals surface area contributed by atoms with Crippen molar-refractivity contribution in [2.45, 2.75) is 26.7 Å². The molecule has 0 spiro atoms. The second kappa shape index (κ2) is 6.16. The third kappa shape index (κ3) is 3.26. The van der Waals surface area contributed by atoms with Crippen molar-refractivity contribution in [3.8, 4) is 0 Å². The number of hydrogen-bond acceptors (Lipinski definition) is 2. The molecular formula is C13H20N2O. The van der Waals surface area contributed by atoms with E-state index in [9.17, 15) is 4.79 Å². The Labute approximate surface area is 97.2 Å². The van der Waals surface area contributed by atoms with Crippen LogP contribution in [0.5, 0.6) is 0 Å². The van der Waals surface area contributed by atoms with Crippen LogP contribution in [-0.2, 0) is 0 Å². The summed E-state index contributed by atoms with van der Waals surface area (Å²) in [4.78, 5) is 11.4. The van der Waals surface area contributed by atoms with E-state index in [0.717, 1.165) is 24.2 Å². The predicted octanol–water partition coefficient (Wildman–Crippen LogP) is 2.57. The number of aryl methyl sites for hydroxylation is 1. The van der Waals surface area contributed by atoms with E-state index in [4.69, 9.17) is 0 Å². The first-order chi connectivity index (χ1) is 7.69. The Bertz CT molecular complexity index is 361. The van der Waals surface area contributed by atoms with Crippen LogP contribution in [0, 0.1) is 6.92 Å². The second-order valence-electron chi connectivity index (χ2n) is 3.89. The molecule has 1 aromatic carbocycles. The molecule has 1 amide bonds. The number of amides is 1. The minimum atomic E-state index is -0.0387. The summed E-state index contributed by atoms with van der Waals surface area (Å²) in [5, 5.41) is 5.99. The molecule has 0 saturated carbocycles. The summed E-state index contributed by atoms with van der Waals surface area (Å²) in [5.74, 6) is -0.0387. The van der Waals surface area contributed by atoms with E-state index in [1.54, 1.807) is 7.05 Å². The molecule has 3 nitrogen and oxygen atoms in total. The molecule has 0 saturated heterocycles. The van der Waals surface area contributed by atoms with Gasteiger partial charge in [-0.2, -0.15) is 0 Å². The van der Waals surface area contributed by atoms with Crippen molar-refractivity contribution < 1.29 is 4.79 Å². The van der Waals surface area contributed by atoms with Crippen molar-refractivity contribution in [3.05, 3.63) is 29.3 Å². The third-order valence-corrected chi connectivity index (χ3v) is 2.56. The van der Waals surface area contributed by atoms with Crippen LogP contribution in [0.2, 0.25) is 0 Å². The number of carbonyl (C=O) groups excluding carboxylic acids is 1. The van der Waals surface area contributed by atoms with E-state index < -0.39 is 0 Å². The van der Waals surface area contributed by atoms with Gasteiger partial charge in [-0.15, -0.1) is 0 Å². The highest BCUT2D eigenvalue weighted by atomic mass is 16.1. The summed E-state index contributed by atoms with van der Waals surface area (Å²) in [5.41, 5.74) is 2.93.